The lowest BCUT2D eigenvalue weighted by Crippen LogP contribution is -2.01. The summed E-state index contributed by atoms with van der Waals surface area (Å²) in [7, 11) is 0. The molecule has 0 saturated carbocycles. The molecule has 70 valence electrons. The van der Waals surface area contributed by atoms with E-state index in [1.165, 1.54) is 6.26 Å². The van der Waals surface area contributed by atoms with Gasteiger partial charge in [-0.3, -0.25) is 0 Å². The third-order valence-electron chi connectivity index (χ3n) is 2.02. The molecule has 0 radical (unpaired) electrons. The van der Waals surface area contributed by atoms with Crippen molar-refractivity contribution in [3.05, 3.63) is 29.7 Å². The van der Waals surface area contributed by atoms with Gasteiger partial charge in [0.05, 0.1) is 12.5 Å². The molecule has 3 heteroatoms. The van der Waals surface area contributed by atoms with Crippen molar-refractivity contribution in [2.75, 3.05) is 0 Å². The first kappa shape index (κ1) is 9.58. The van der Waals surface area contributed by atoms with Crippen LogP contribution in [0.4, 0.5) is 0 Å². The first-order valence-electron chi connectivity index (χ1n) is 4.12. The van der Waals surface area contributed by atoms with E-state index in [1.54, 1.807) is 19.3 Å². The monoisotopic (exact) mass is 180 g/mol. The Morgan fingerprint density at radius 1 is 1.62 bits per heavy atom. The fraction of sp³-hybridized carbons (Fsp3) is 0.300. The fourth-order valence-corrected chi connectivity index (χ4v) is 1.23. The van der Waals surface area contributed by atoms with Gasteiger partial charge >= 0.3 is 5.97 Å². The third kappa shape index (κ3) is 1.99. The van der Waals surface area contributed by atoms with Gasteiger partial charge in [-0.25, -0.2) is 4.79 Å². The lowest BCUT2D eigenvalue weighted by atomic mass is 10.0. The average Bonchev–Trinajstić information content (AvgIpc) is 2.56. The molecule has 0 bridgehead atoms. The molecule has 0 aliphatic carbocycles. The van der Waals surface area contributed by atoms with Crippen molar-refractivity contribution in [1.82, 2.24) is 0 Å². The average molecular weight is 180 g/mol. The molecule has 0 aromatic carbocycles. The van der Waals surface area contributed by atoms with E-state index in [4.69, 9.17) is 9.52 Å². The number of hydrogen-bond donors (Lipinski definition) is 1. The number of carbonyl (C=O) groups is 1. The first-order valence-corrected chi connectivity index (χ1v) is 4.12. The zero-order valence-electron chi connectivity index (χ0n) is 7.70. The van der Waals surface area contributed by atoms with Gasteiger partial charge in [0.1, 0.15) is 0 Å². The van der Waals surface area contributed by atoms with Crippen LogP contribution in [0.2, 0.25) is 0 Å². The maximum absolute atomic E-state index is 10.8. The lowest BCUT2D eigenvalue weighted by molar-refractivity contribution is -0.132. The summed E-state index contributed by atoms with van der Waals surface area (Å²) in [4.78, 5) is 10.8. The van der Waals surface area contributed by atoms with Gasteiger partial charge in [-0.1, -0.05) is 6.92 Å². The van der Waals surface area contributed by atoms with Crippen molar-refractivity contribution >= 4 is 11.5 Å². The van der Waals surface area contributed by atoms with Crippen LogP contribution in [0.25, 0.3) is 5.57 Å². The van der Waals surface area contributed by atoms with E-state index in [2.05, 4.69) is 0 Å². The number of rotatable bonds is 3. The summed E-state index contributed by atoms with van der Waals surface area (Å²) in [5.74, 6) is -0.860. The minimum atomic E-state index is -0.860. The van der Waals surface area contributed by atoms with Crippen molar-refractivity contribution in [2.45, 2.75) is 20.3 Å². The van der Waals surface area contributed by atoms with Crippen molar-refractivity contribution in [1.29, 1.82) is 0 Å². The summed E-state index contributed by atoms with van der Waals surface area (Å²) in [5, 5.41) is 8.85. The smallest absolute Gasteiger partial charge is 0.331 e. The summed E-state index contributed by atoms with van der Waals surface area (Å²) in [6, 6.07) is 1.76. The quantitative estimate of drug-likeness (QED) is 0.727. The molecule has 1 aromatic rings. The highest BCUT2D eigenvalue weighted by Gasteiger charge is 2.10. The lowest BCUT2D eigenvalue weighted by Gasteiger charge is -2.02. The molecule has 1 heterocycles. The van der Waals surface area contributed by atoms with Crippen molar-refractivity contribution in [2.24, 2.45) is 0 Å². The summed E-state index contributed by atoms with van der Waals surface area (Å²) < 4.78 is 4.88. The standard InChI is InChI=1S/C10H12O3/c1-3-9(10(11)12)7(2)8-4-5-13-6-8/h4-6H,3H2,1-2H3,(H,11,12)/b9-7-. The first-order chi connectivity index (χ1) is 6.16. The molecule has 0 fully saturated rings. The Kier molecular flexibility index (Phi) is 2.90. The summed E-state index contributed by atoms with van der Waals surface area (Å²) in [6.07, 6.45) is 3.61. The number of furan rings is 1. The van der Waals surface area contributed by atoms with Gasteiger partial charge in [0.15, 0.2) is 0 Å². The number of aliphatic carboxylic acids is 1. The molecule has 1 aromatic heterocycles. The second kappa shape index (κ2) is 3.94. The molecule has 3 nitrogen and oxygen atoms in total. The topological polar surface area (TPSA) is 50.4 Å². The van der Waals surface area contributed by atoms with E-state index in [0.29, 0.717) is 12.0 Å². The van der Waals surface area contributed by atoms with Crippen LogP contribution < -0.4 is 0 Å². The number of hydrogen-bond acceptors (Lipinski definition) is 2. The maximum Gasteiger partial charge on any atom is 0.331 e. The van der Waals surface area contributed by atoms with E-state index < -0.39 is 5.97 Å². The molecular weight excluding hydrogens is 168 g/mol. The molecular formula is C10H12O3. The van der Waals surface area contributed by atoms with E-state index in [9.17, 15) is 4.79 Å². The van der Waals surface area contributed by atoms with E-state index in [0.717, 1.165) is 11.1 Å². The van der Waals surface area contributed by atoms with Gasteiger partial charge in [0.2, 0.25) is 0 Å². The molecule has 1 N–H and O–H groups in total. The van der Waals surface area contributed by atoms with Gasteiger partial charge in [-0.2, -0.15) is 0 Å². The van der Waals surface area contributed by atoms with Gasteiger partial charge in [-0.15, -0.1) is 0 Å². The summed E-state index contributed by atoms with van der Waals surface area (Å²) >= 11 is 0. The second-order valence-electron chi connectivity index (χ2n) is 2.77. The zero-order valence-corrected chi connectivity index (χ0v) is 7.70. The maximum atomic E-state index is 10.8. The van der Waals surface area contributed by atoms with E-state index in [1.807, 2.05) is 6.92 Å². The molecule has 0 aliphatic rings. The molecule has 13 heavy (non-hydrogen) atoms. The molecule has 0 unspecified atom stereocenters. The molecule has 0 atom stereocenters. The Bertz CT molecular complexity index is 320. The molecule has 0 saturated heterocycles. The summed E-state index contributed by atoms with van der Waals surface area (Å²) in [5.41, 5.74) is 2.03. The summed E-state index contributed by atoms with van der Waals surface area (Å²) in [6.45, 7) is 3.62. The van der Waals surface area contributed by atoms with Gasteiger partial charge in [0.25, 0.3) is 0 Å². The molecule has 1 rings (SSSR count). The SMILES string of the molecule is CC/C(C(=O)O)=C(\C)c1ccoc1. The number of carboxylic acid groups (broad SMARTS) is 1. The van der Waals surface area contributed by atoms with Crippen LogP contribution >= 0.6 is 0 Å². The minimum Gasteiger partial charge on any atom is -0.478 e. The Labute approximate surface area is 76.7 Å². The van der Waals surface area contributed by atoms with Gasteiger partial charge < -0.3 is 9.52 Å². The van der Waals surface area contributed by atoms with Gasteiger partial charge in [-0.05, 0) is 25.0 Å². The third-order valence-corrected chi connectivity index (χ3v) is 2.02. The predicted octanol–water partition coefficient (Wildman–Crippen LogP) is 2.55. The largest absolute Gasteiger partial charge is 0.478 e. The number of carboxylic acids is 1. The van der Waals surface area contributed by atoms with Crippen molar-refractivity contribution in [3.8, 4) is 0 Å². The van der Waals surface area contributed by atoms with Crippen LogP contribution in [0.3, 0.4) is 0 Å². The molecule has 0 spiro atoms. The number of allylic oxidation sites excluding steroid dienone is 1. The highest BCUT2D eigenvalue weighted by atomic mass is 16.4. The zero-order chi connectivity index (χ0) is 9.84. The van der Waals surface area contributed by atoms with Crippen LogP contribution in [-0.2, 0) is 4.79 Å². The Balaban J connectivity index is 3.09. The van der Waals surface area contributed by atoms with Crippen LogP contribution in [0.1, 0.15) is 25.8 Å². The Morgan fingerprint density at radius 2 is 2.31 bits per heavy atom. The Morgan fingerprint density at radius 3 is 2.69 bits per heavy atom. The van der Waals surface area contributed by atoms with Crippen LogP contribution in [0.5, 0.6) is 0 Å². The fourth-order valence-electron chi connectivity index (χ4n) is 1.23. The highest BCUT2D eigenvalue weighted by molar-refractivity contribution is 5.95. The van der Waals surface area contributed by atoms with E-state index >= 15 is 0 Å². The normalized spacial score (nSPS) is 12.5. The van der Waals surface area contributed by atoms with Crippen LogP contribution in [0, 0.1) is 0 Å². The van der Waals surface area contributed by atoms with Crippen molar-refractivity contribution in [3.63, 3.8) is 0 Å². The van der Waals surface area contributed by atoms with Crippen molar-refractivity contribution < 1.29 is 14.3 Å². The molecule has 0 aliphatic heterocycles. The second-order valence-corrected chi connectivity index (χ2v) is 2.77. The van der Waals surface area contributed by atoms with Crippen LogP contribution in [0.15, 0.2) is 28.6 Å². The molecule has 0 amide bonds. The van der Waals surface area contributed by atoms with Gasteiger partial charge in [0, 0.05) is 11.1 Å². The highest BCUT2D eigenvalue weighted by Crippen LogP contribution is 2.20. The van der Waals surface area contributed by atoms with E-state index in [-0.39, 0.29) is 0 Å². The Hall–Kier alpha value is -1.51. The minimum absolute atomic E-state index is 0.432. The predicted molar refractivity (Wildman–Crippen MR) is 49.2 cm³/mol. The van der Waals surface area contributed by atoms with Crippen LogP contribution in [-0.4, -0.2) is 11.1 Å².